The summed E-state index contributed by atoms with van der Waals surface area (Å²) in [6.07, 6.45) is 6.51. The van der Waals surface area contributed by atoms with E-state index < -0.39 is 29.4 Å². The van der Waals surface area contributed by atoms with Crippen LogP contribution in [0.2, 0.25) is 0 Å². The van der Waals surface area contributed by atoms with Gasteiger partial charge < -0.3 is 29.5 Å². The number of hydrogen-bond donors (Lipinski definition) is 3. The lowest BCUT2D eigenvalue weighted by Gasteiger charge is -2.30. The topological polar surface area (TPSA) is 123 Å². The molecule has 0 aliphatic heterocycles. The Kier molecular flexibility index (Phi) is 8.48. The van der Waals surface area contributed by atoms with Crippen LogP contribution < -0.4 is 9.47 Å². The number of methoxy groups -OCH3 is 2. The molecular weight excluding hydrogens is 452 g/mol. The van der Waals surface area contributed by atoms with Crippen LogP contribution in [0.1, 0.15) is 97.0 Å². The number of fused-ring (bicyclic) bond motifs is 2. The molecule has 0 heterocycles. The summed E-state index contributed by atoms with van der Waals surface area (Å²) in [4.78, 5) is 26.4. The third-order valence-corrected chi connectivity index (χ3v) is 6.40. The van der Waals surface area contributed by atoms with Gasteiger partial charge in [-0.15, -0.1) is 0 Å². The van der Waals surface area contributed by atoms with Crippen LogP contribution in [0.3, 0.4) is 0 Å². The molecule has 2 aromatic carbocycles. The molecule has 1 atom stereocenters. The van der Waals surface area contributed by atoms with Gasteiger partial charge in [-0.3, -0.25) is 9.59 Å². The predicted octanol–water partition coefficient (Wildman–Crippen LogP) is 5.45. The molecule has 0 saturated carbocycles. The van der Waals surface area contributed by atoms with E-state index in [2.05, 4.69) is 6.92 Å². The molecule has 190 valence electrons. The van der Waals surface area contributed by atoms with E-state index in [1.165, 1.54) is 39.5 Å². The van der Waals surface area contributed by atoms with E-state index in [-0.39, 0.29) is 40.4 Å². The van der Waals surface area contributed by atoms with Crippen LogP contribution in [0.25, 0.3) is 0 Å². The van der Waals surface area contributed by atoms with E-state index in [1.54, 1.807) is 13.0 Å². The maximum absolute atomic E-state index is 13.5. The molecule has 0 aromatic heterocycles. The van der Waals surface area contributed by atoms with Gasteiger partial charge in [-0.25, -0.2) is 0 Å². The summed E-state index contributed by atoms with van der Waals surface area (Å²) >= 11 is 0. The number of ketones is 1. The summed E-state index contributed by atoms with van der Waals surface area (Å²) in [6.45, 7) is 3.81. The maximum atomic E-state index is 13.5. The molecule has 0 saturated heterocycles. The lowest BCUT2D eigenvalue weighted by molar-refractivity contribution is -0.147. The van der Waals surface area contributed by atoms with Crippen LogP contribution in [0.15, 0.2) is 12.1 Å². The molecule has 0 unspecified atom stereocenters. The van der Waals surface area contributed by atoms with Gasteiger partial charge in [0.15, 0.2) is 29.1 Å². The molecule has 0 fully saturated rings. The third-order valence-electron chi connectivity index (χ3n) is 6.40. The van der Waals surface area contributed by atoms with Gasteiger partial charge in [0.1, 0.15) is 0 Å². The first-order chi connectivity index (χ1) is 16.8. The zero-order valence-electron chi connectivity index (χ0n) is 20.8. The number of benzene rings is 2. The van der Waals surface area contributed by atoms with Crippen LogP contribution in [0.4, 0.5) is 0 Å². The van der Waals surface area contributed by atoms with Gasteiger partial charge in [-0.1, -0.05) is 45.4 Å². The Hall–Kier alpha value is -3.42. The average Bonchev–Trinajstić information content (AvgIpc) is 2.83. The summed E-state index contributed by atoms with van der Waals surface area (Å²) in [6, 6.07) is 2.77. The number of phenolic OH excluding ortho intramolecular Hbond substituents is 3. The number of carbonyl (C=O) groups is 2. The van der Waals surface area contributed by atoms with Crippen LogP contribution >= 0.6 is 0 Å². The van der Waals surface area contributed by atoms with Gasteiger partial charge in [-0.05, 0) is 31.0 Å². The van der Waals surface area contributed by atoms with Crippen molar-refractivity contribution in [1.82, 2.24) is 0 Å². The molecule has 0 amide bonds. The van der Waals surface area contributed by atoms with Crippen LogP contribution in [-0.4, -0.2) is 41.3 Å². The van der Waals surface area contributed by atoms with Crippen LogP contribution in [0.5, 0.6) is 28.7 Å². The molecule has 0 bridgehead atoms. The maximum Gasteiger partial charge on any atom is 0.306 e. The normalized spacial score (nSPS) is 14.3. The first kappa shape index (κ1) is 26.2. The van der Waals surface area contributed by atoms with Crippen LogP contribution in [0, 0.1) is 6.92 Å². The fourth-order valence-electron chi connectivity index (χ4n) is 4.57. The van der Waals surface area contributed by atoms with E-state index in [0.717, 1.165) is 19.3 Å². The van der Waals surface area contributed by atoms with E-state index in [0.29, 0.717) is 17.5 Å². The molecule has 0 radical (unpaired) electrons. The second kappa shape index (κ2) is 11.3. The number of rotatable bonds is 11. The zero-order chi connectivity index (χ0) is 25.7. The van der Waals surface area contributed by atoms with Crippen molar-refractivity contribution in [3.8, 4) is 28.7 Å². The van der Waals surface area contributed by atoms with E-state index in [4.69, 9.17) is 14.2 Å². The minimum atomic E-state index is -1.07. The SMILES string of the molecule is CCCCCCCCCC(=O)O[C@H]1c2cc(C)c(O)c(OC)c2C(=O)c2c1cc(O)c(O)c2OC. The lowest BCUT2D eigenvalue weighted by Crippen LogP contribution is -2.25. The fourth-order valence-corrected chi connectivity index (χ4v) is 4.57. The van der Waals surface area contributed by atoms with Gasteiger partial charge in [0.2, 0.25) is 11.5 Å². The number of aromatic hydroxyl groups is 3. The molecule has 3 N–H and O–H groups in total. The third kappa shape index (κ3) is 5.16. The Labute approximate surface area is 205 Å². The van der Waals surface area contributed by atoms with Gasteiger partial charge in [0.25, 0.3) is 0 Å². The van der Waals surface area contributed by atoms with E-state index in [1.807, 2.05) is 0 Å². The Bertz CT molecular complexity index is 1040. The van der Waals surface area contributed by atoms with Crippen molar-refractivity contribution in [2.75, 3.05) is 14.2 Å². The number of hydrogen-bond acceptors (Lipinski definition) is 8. The number of esters is 1. The quantitative estimate of drug-likeness (QED) is 0.218. The summed E-state index contributed by atoms with van der Waals surface area (Å²) in [5, 5.41) is 31.1. The van der Waals surface area contributed by atoms with Crippen molar-refractivity contribution in [1.29, 1.82) is 0 Å². The molecule has 35 heavy (non-hydrogen) atoms. The molecule has 8 nitrogen and oxygen atoms in total. The second-order valence-corrected chi connectivity index (χ2v) is 8.85. The highest BCUT2D eigenvalue weighted by Crippen LogP contribution is 2.52. The summed E-state index contributed by atoms with van der Waals surface area (Å²) < 4.78 is 16.4. The van der Waals surface area contributed by atoms with Crippen LogP contribution in [-0.2, 0) is 9.53 Å². The fraction of sp³-hybridized carbons (Fsp3) is 0.481. The van der Waals surface area contributed by atoms with E-state index in [9.17, 15) is 24.9 Å². The monoisotopic (exact) mass is 486 g/mol. The van der Waals surface area contributed by atoms with Gasteiger partial charge >= 0.3 is 5.97 Å². The minimum absolute atomic E-state index is 0.0141. The highest BCUT2D eigenvalue weighted by atomic mass is 16.5. The summed E-state index contributed by atoms with van der Waals surface area (Å²) in [5.74, 6) is -2.67. The molecule has 3 rings (SSSR count). The number of carbonyl (C=O) groups excluding carboxylic acids is 2. The summed E-state index contributed by atoms with van der Waals surface area (Å²) in [5.41, 5.74) is 0.898. The molecule has 1 aliphatic carbocycles. The highest BCUT2D eigenvalue weighted by Gasteiger charge is 2.41. The largest absolute Gasteiger partial charge is 0.504 e. The Morgan fingerprint density at radius 3 is 2.00 bits per heavy atom. The molecule has 0 spiro atoms. The van der Waals surface area contributed by atoms with Crippen molar-refractivity contribution in [3.63, 3.8) is 0 Å². The molecule has 2 aromatic rings. The van der Waals surface area contributed by atoms with Gasteiger partial charge in [0, 0.05) is 17.5 Å². The average molecular weight is 487 g/mol. The standard InChI is InChI=1S/C27H34O8/c1-5-6-7-8-9-10-11-12-19(29)35-25-16-13-15(2)22(30)26(33-3)20(16)24(32)21-17(25)14-18(28)23(31)27(21)34-4/h13-14,25,28,30-31H,5-12H2,1-4H3/t25-/m0/s1. The molecule has 8 heteroatoms. The van der Waals surface area contributed by atoms with Crippen molar-refractivity contribution < 1.29 is 39.1 Å². The van der Waals surface area contributed by atoms with Gasteiger partial charge in [0.05, 0.1) is 25.3 Å². The molecular formula is C27H34O8. The second-order valence-electron chi connectivity index (χ2n) is 8.85. The molecule has 1 aliphatic rings. The van der Waals surface area contributed by atoms with Crippen molar-refractivity contribution in [2.24, 2.45) is 0 Å². The van der Waals surface area contributed by atoms with E-state index >= 15 is 0 Å². The summed E-state index contributed by atoms with van der Waals surface area (Å²) in [7, 11) is 2.58. The smallest absolute Gasteiger partial charge is 0.306 e. The Morgan fingerprint density at radius 1 is 0.857 bits per heavy atom. The Balaban J connectivity index is 1.97. The minimum Gasteiger partial charge on any atom is -0.504 e. The first-order valence-corrected chi connectivity index (χ1v) is 12.0. The zero-order valence-corrected chi connectivity index (χ0v) is 20.8. The predicted molar refractivity (Wildman–Crippen MR) is 130 cm³/mol. The van der Waals surface area contributed by atoms with Crippen molar-refractivity contribution >= 4 is 11.8 Å². The Morgan fingerprint density at radius 2 is 1.40 bits per heavy atom. The van der Waals surface area contributed by atoms with Crippen molar-refractivity contribution in [3.05, 3.63) is 39.9 Å². The lowest BCUT2D eigenvalue weighted by atomic mass is 9.80. The highest BCUT2D eigenvalue weighted by molar-refractivity contribution is 6.17. The number of aryl methyl sites for hydroxylation is 1. The number of phenols is 3. The van der Waals surface area contributed by atoms with Crippen molar-refractivity contribution in [2.45, 2.75) is 71.3 Å². The number of ether oxygens (including phenoxy) is 3. The number of unbranched alkanes of at least 4 members (excludes halogenated alkanes) is 6. The first-order valence-electron chi connectivity index (χ1n) is 12.0. The van der Waals surface area contributed by atoms with Gasteiger partial charge in [-0.2, -0.15) is 0 Å².